The first kappa shape index (κ1) is 23.9. The Labute approximate surface area is 184 Å². The van der Waals surface area contributed by atoms with Crippen molar-refractivity contribution in [3.8, 4) is 0 Å². The zero-order chi connectivity index (χ0) is 22.6. The Morgan fingerprint density at radius 2 is 2.16 bits per heavy atom. The van der Waals surface area contributed by atoms with Crippen LogP contribution in [0.1, 0.15) is 33.6 Å². The molecule has 0 bridgehead atoms. The number of rotatable bonds is 11. The van der Waals surface area contributed by atoms with Crippen LogP contribution in [0.15, 0.2) is 40.8 Å². The lowest BCUT2D eigenvalue weighted by Crippen LogP contribution is -2.65. The maximum atomic E-state index is 11.2. The smallest absolute Gasteiger partial charge is 0.208 e. The topological polar surface area (TPSA) is 122 Å². The van der Waals surface area contributed by atoms with Gasteiger partial charge in [-0.2, -0.15) is 5.01 Å². The van der Waals surface area contributed by atoms with Crippen molar-refractivity contribution in [1.29, 1.82) is 0 Å². The SMILES string of the molecule is CCOCC1N=C2C(N)=CC=C3N(OCCCNS(C)(=O)=O)C=CCC32N1NC(C)C. The molecule has 3 aliphatic rings. The van der Waals surface area contributed by atoms with Crippen LogP contribution in [0.4, 0.5) is 0 Å². The van der Waals surface area contributed by atoms with E-state index in [4.69, 9.17) is 20.3 Å². The van der Waals surface area contributed by atoms with Gasteiger partial charge >= 0.3 is 0 Å². The lowest BCUT2D eigenvalue weighted by molar-refractivity contribution is -0.118. The molecule has 0 aromatic heterocycles. The molecule has 0 saturated carbocycles. The molecule has 0 fully saturated rings. The molecule has 0 saturated heterocycles. The lowest BCUT2D eigenvalue weighted by atomic mass is 9.79. The van der Waals surface area contributed by atoms with Crippen molar-refractivity contribution >= 4 is 15.7 Å². The quantitative estimate of drug-likeness (QED) is 0.388. The Morgan fingerprint density at radius 3 is 2.84 bits per heavy atom. The Bertz CT molecular complexity index is 882. The molecular formula is C20H34N6O4S. The van der Waals surface area contributed by atoms with Crippen LogP contribution in [0.5, 0.6) is 0 Å². The monoisotopic (exact) mass is 454 g/mol. The fraction of sp³-hybridized carbons (Fsp3) is 0.650. The molecule has 10 nitrogen and oxygen atoms in total. The van der Waals surface area contributed by atoms with E-state index >= 15 is 0 Å². The number of nitrogens with one attached hydrogen (secondary N) is 2. The molecule has 1 aliphatic carbocycles. The molecular weight excluding hydrogens is 420 g/mol. The molecule has 11 heteroatoms. The van der Waals surface area contributed by atoms with E-state index in [0.717, 1.165) is 17.7 Å². The van der Waals surface area contributed by atoms with Gasteiger partial charge in [0.2, 0.25) is 10.0 Å². The highest BCUT2D eigenvalue weighted by atomic mass is 32.2. The highest BCUT2D eigenvalue weighted by Crippen LogP contribution is 2.44. The van der Waals surface area contributed by atoms with Gasteiger partial charge in [0.15, 0.2) is 0 Å². The van der Waals surface area contributed by atoms with Gasteiger partial charge in [0.25, 0.3) is 0 Å². The summed E-state index contributed by atoms with van der Waals surface area (Å²) in [6.07, 6.45) is 9.88. The zero-order valence-electron chi connectivity index (χ0n) is 18.7. The first-order valence-electron chi connectivity index (χ1n) is 10.6. The average Bonchev–Trinajstić information content (AvgIpc) is 2.99. The van der Waals surface area contributed by atoms with Gasteiger partial charge in [-0.25, -0.2) is 23.6 Å². The summed E-state index contributed by atoms with van der Waals surface area (Å²) < 4.78 is 30.6. The third-order valence-corrected chi connectivity index (χ3v) is 5.90. The van der Waals surface area contributed by atoms with Crippen LogP contribution in [-0.4, -0.2) is 74.6 Å². The second kappa shape index (κ2) is 9.80. The molecule has 0 aromatic carbocycles. The number of sulfonamides is 1. The number of nitrogens with zero attached hydrogens (tertiary/aromatic N) is 3. The number of allylic oxidation sites excluding steroid dienone is 2. The second-order valence-corrected chi connectivity index (χ2v) is 9.91. The maximum absolute atomic E-state index is 11.2. The highest BCUT2D eigenvalue weighted by molar-refractivity contribution is 7.88. The molecule has 2 heterocycles. The summed E-state index contributed by atoms with van der Waals surface area (Å²) >= 11 is 0. The van der Waals surface area contributed by atoms with Crippen molar-refractivity contribution in [2.45, 2.75) is 51.4 Å². The van der Waals surface area contributed by atoms with Crippen LogP contribution >= 0.6 is 0 Å². The van der Waals surface area contributed by atoms with Gasteiger partial charge in [0, 0.05) is 25.4 Å². The summed E-state index contributed by atoms with van der Waals surface area (Å²) in [6, 6.07) is 0.184. The van der Waals surface area contributed by atoms with Gasteiger partial charge in [-0.1, -0.05) is 6.08 Å². The zero-order valence-corrected chi connectivity index (χ0v) is 19.5. The van der Waals surface area contributed by atoms with E-state index in [1.165, 1.54) is 0 Å². The van der Waals surface area contributed by atoms with E-state index in [0.29, 0.717) is 44.9 Å². The van der Waals surface area contributed by atoms with E-state index in [1.54, 1.807) is 5.06 Å². The first-order valence-corrected chi connectivity index (χ1v) is 12.5. The number of hydrogen-bond acceptors (Lipinski definition) is 9. The van der Waals surface area contributed by atoms with E-state index in [2.05, 4.69) is 29.0 Å². The van der Waals surface area contributed by atoms with E-state index in [-0.39, 0.29) is 12.2 Å². The van der Waals surface area contributed by atoms with Gasteiger partial charge < -0.3 is 10.5 Å². The molecule has 2 unspecified atom stereocenters. The van der Waals surface area contributed by atoms with Crippen LogP contribution in [0.2, 0.25) is 0 Å². The number of hydrogen-bond donors (Lipinski definition) is 3. The predicted molar refractivity (Wildman–Crippen MR) is 120 cm³/mol. The van der Waals surface area contributed by atoms with Gasteiger partial charge in [-0.05, 0) is 45.8 Å². The minimum absolute atomic E-state index is 0.184. The molecule has 4 N–H and O–H groups in total. The lowest BCUT2D eigenvalue weighted by Gasteiger charge is -2.48. The van der Waals surface area contributed by atoms with Gasteiger partial charge in [-0.15, -0.1) is 0 Å². The summed E-state index contributed by atoms with van der Waals surface area (Å²) in [4.78, 5) is 10.9. The number of ether oxygens (including phenoxy) is 1. The molecule has 31 heavy (non-hydrogen) atoms. The predicted octanol–water partition coefficient (Wildman–Crippen LogP) is 0.588. The van der Waals surface area contributed by atoms with Gasteiger partial charge in [0.05, 0.1) is 36.6 Å². The largest absolute Gasteiger partial charge is 0.397 e. The van der Waals surface area contributed by atoms with Crippen molar-refractivity contribution in [1.82, 2.24) is 20.2 Å². The fourth-order valence-corrected chi connectivity index (χ4v) is 4.51. The van der Waals surface area contributed by atoms with Crippen LogP contribution < -0.4 is 15.9 Å². The molecule has 174 valence electrons. The Kier molecular flexibility index (Phi) is 7.55. The van der Waals surface area contributed by atoms with Crippen molar-refractivity contribution in [3.05, 3.63) is 35.8 Å². The third-order valence-electron chi connectivity index (χ3n) is 5.17. The summed E-state index contributed by atoms with van der Waals surface area (Å²) in [5.41, 5.74) is 11.7. The van der Waals surface area contributed by atoms with Crippen LogP contribution in [0.25, 0.3) is 0 Å². The molecule has 1 spiro atoms. The normalized spacial score (nSPS) is 25.9. The minimum Gasteiger partial charge on any atom is -0.397 e. The van der Waals surface area contributed by atoms with Crippen molar-refractivity contribution in [3.63, 3.8) is 0 Å². The number of hydroxylamine groups is 2. The fourth-order valence-electron chi connectivity index (χ4n) is 3.99. The van der Waals surface area contributed by atoms with Crippen molar-refractivity contribution in [2.75, 3.05) is 32.6 Å². The Hall–Kier alpha value is -1.76. The minimum atomic E-state index is -3.21. The number of hydrazine groups is 1. The molecule has 3 rings (SSSR count). The van der Waals surface area contributed by atoms with E-state index in [9.17, 15) is 8.42 Å². The number of aliphatic imine (C=N–C) groups is 1. The average molecular weight is 455 g/mol. The van der Waals surface area contributed by atoms with Crippen LogP contribution in [-0.2, 0) is 19.6 Å². The summed E-state index contributed by atoms with van der Waals surface area (Å²) in [6.45, 7) is 7.85. The van der Waals surface area contributed by atoms with Crippen LogP contribution in [0.3, 0.4) is 0 Å². The molecule has 0 aromatic rings. The standard InChI is InChI=1S/C20H34N6O4S/c1-5-29-14-18-23-19-16(21)8-9-17-20(19,26(18)24-15(2)3)10-6-12-25(17)30-13-7-11-22-31(4,27)28/h6,8-9,12,15,18,22,24H,5,7,10-11,13-14,21H2,1-4H3. The van der Waals surface area contributed by atoms with Crippen LogP contribution in [0, 0.1) is 0 Å². The molecule has 0 amide bonds. The van der Waals surface area contributed by atoms with E-state index < -0.39 is 15.6 Å². The van der Waals surface area contributed by atoms with Crippen molar-refractivity contribution in [2.24, 2.45) is 10.7 Å². The Morgan fingerprint density at radius 1 is 1.39 bits per heavy atom. The molecule has 0 radical (unpaired) electrons. The van der Waals surface area contributed by atoms with Crippen molar-refractivity contribution < 1.29 is 18.0 Å². The molecule has 2 aliphatic heterocycles. The molecule has 2 atom stereocenters. The van der Waals surface area contributed by atoms with Gasteiger partial charge in [0.1, 0.15) is 11.7 Å². The maximum Gasteiger partial charge on any atom is 0.208 e. The highest BCUT2D eigenvalue weighted by Gasteiger charge is 2.56. The number of nitrogens with two attached hydrogens (primary N) is 1. The van der Waals surface area contributed by atoms with E-state index in [1.807, 2.05) is 31.4 Å². The Balaban J connectivity index is 1.82. The second-order valence-electron chi connectivity index (χ2n) is 8.07. The third kappa shape index (κ3) is 5.18. The summed E-state index contributed by atoms with van der Waals surface area (Å²) in [7, 11) is -3.21. The summed E-state index contributed by atoms with van der Waals surface area (Å²) in [5, 5.41) is 3.87. The first-order chi connectivity index (χ1) is 14.7. The van der Waals surface area contributed by atoms with Gasteiger partial charge in [-0.3, -0.25) is 9.83 Å². The summed E-state index contributed by atoms with van der Waals surface area (Å²) in [5.74, 6) is 0.